The van der Waals surface area contributed by atoms with Crippen molar-refractivity contribution in [1.82, 2.24) is 14.7 Å². The summed E-state index contributed by atoms with van der Waals surface area (Å²) in [6.45, 7) is 3.34. The molecule has 0 aliphatic carbocycles. The van der Waals surface area contributed by atoms with Gasteiger partial charge in [-0.3, -0.25) is 14.4 Å². The van der Waals surface area contributed by atoms with Crippen LogP contribution in [-0.4, -0.2) is 71.7 Å². The van der Waals surface area contributed by atoms with Crippen LogP contribution in [0.5, 0.6) is 0 Å². The van der Waals surface area contributed by atoms with E-state index in [1.165, 1.54) is 29.8 Å². The molecule has 0 atom stereocenters. The second-order valence-electron chi connectivity index (χ2n) is 9.12. The third-order valence-electron chi connectivity index (χ3n) is 6.87. The number of hydrogen-bond donors (Lipinski definition) is 0. The van der Waals surface area contributed by atoms with E-state index in [0.29, 0.717) is 64.1 Å². The van der Waals surface area contributed by atoms with Gasteiger partial charge in [-0.05, 0) is 55.5 Å². The van der Waals surface area contributed by atoms with Gasteiger partial charge in [0.2, 0.25) is 11.8 Å². The van der Waals surface area contributed by atoms with E-state index >= 15 is 0 Å². The van der Waals surface area contributed by atoms with Gasteiger partial charge in [0, 0.05) is 57.2 Å². The molecule has 6 nitrogen and oxygen atoms in total. The van der Waals surface area contributed by atoms with Crippen LogP contribution in [0.2, 0.25) is 0 Å². The van der Waals surface area contributed by atoms with Crippen LogP contribution >= 0.6 is 0 Å². The van der Waals surface area contributed by atoms with Gasteiger partial charge >= 0.3 is 0 Å². The standard InChI is InChI=1S/C27H32FN3O3/c28-24-11-9-22(10-12-24)26(33)30-15-13-23(14-16-30)27(34)31-19-17-29(18-20-31)25(32)8-4-7-21-5-2-1-3-6-21/h1-3,5-6,9-12,23H,4,7-8,13-20H2. The van der Waals surface area contributed by atoms with Gasteiger partial charge in [0.25, 0.3) is 5.91 Å². The zero-order valence-corrected chi connectivity index (χ0v) is 19.5. The van der Waals surface area contributed by atoms with Crippen LogP contribution in [0, 0.1) is 11.7 Å². The molecule has 2 aromatic carbocycles. The number of carbonyl (C=O) groups excluding carboxylic acids is 3. The lowest BCUT2D eigenvalue weighted by Gasteiger charge is -2.38. The Morgan fingerprint density at radius 1 is 0.765 bits per heavy atom. The van der Waals surface area contributed by atoms with Crippen LogP contribution in [0.4, 0.5) is 4.39 Å². The summed E-state index contributed by atoms with van der Waals surface area (Å²) >= 11 is 0. The molecule has 0 spiro atoms. The Bertz CT molecular complexity index is 980. The predicted molar refractivity (Wildman–Crippen MR) is 128 cm³/mol. The highest BCUT2D eigenvalue weighted by molar-refractivity contribution is 5.94. The van der Waals surface area contributed by atoms with Gasteiger partial charge in [-0.1, -0.05) is 30.3 Å². The number of rotatable bonds is 6. The molecule has 2 fully saturated rings. The smallest absolute Gasteiger partial charge is 0.253 e. The summed E-state index contributed by atoms with van der Waals surface area (Å²) in [6.07, 6.45) is 3.52. The molecule has 2 saturated heterocycles. The normalized spacial score (nSPS) is 17.0. The highest BCUT2D eigenvalue weighted by Gasteiger charge is 2.32. The predicted octanol–water partition coefficient (Wildman–Crippen LogP) is 3.37. The zero-order chi connectivity index (χ0) is 23.9. The number of carbonyl (C=O) groups is 3. The first kappa shape index (κ1) is 23.9. The summed E-state index contributed by atoms with van der Waals surface area (Å²) in [5, 5.41) is 0. The Morgan fingerprint density at radius 3 is 2.03 bits per heavy atom. The van der Waals surface area contributed by atoms with E-state index in [0.717, 1.165) is 12.8 Å². The molecular formula is C27H32FN3O3. The van der Waals surface area contributed by atoms with E-state index < -0.39 is 0 Å². The molecule has 2 aromatic rings. The summed E-state index contributed by atoms with van der Waals surface area (Å²) in [5.41, 5.74) is 1.71. The fourth-order valence-corrected chi connectivity index (χ4v) is 4.79. The number of amides is 3. The fraction of sp³-hybridized carbons (Fsp3) is 0.444. The monoisotopic (exact) mass is 465 g/mol. The van der Waals surface area contributed by atoms with Crippen molar-refractivity contribution < 1.29 is 18.8 Å². The molecule has 0 radical (unpaired) electrons. The number of piperidine rings is 1. The molecule has 4 rings (SSSR count). The third kappa shape index (κ3) is 6.01. The number of aryl methyl sites for hydroxylation is 1. The summed E-state index contributed by atoms with van der Waals surface area (Å²) < 4.78 is 13.1. The third-order valence-corrected chi connectivity index (χ3v) is 6.87. The van der Waals surface area contributed by atoms with Crippen LogP contribution in [0.25, 0.3) is 0 Å². The zero-order valence-electron chi connectivity index (χ0n) is 19.5. The lowest BCUT2D eigenvalue weighted by Crippen LogP contribution is -2.53. The van der Waals surface area contributed by atoms with Crippen molar-refractivity contribution >= 4 is 17.7 Å². The van der Waals surface area contributed by atoms with Crippen molar-refractivity contribution in [3.8, 4) is 0 Å². The van der Waals surface area contributed by atoms with Gasteiger partial charge in [-0.25, -0.2) is 4.39 Å². The molecule has 7 heteroatoms. The van der Waals surface area contributed by atoms with E-state index in [9.17, 15) is 18.8 Å². The van der Waals surface area contributed by atoms with Crippen molar-refractivity contribution in [3.05, 3.63) is 71.5 Å². The lowest BCUT2D eigenvalue weighted by atomic mass is 9.94. The minimum Gasteiger partial charge on any atom is -0.339 e. The van der Waals surface area contributed by atoms with Gasteiger partial charge in [-0.15, -0.1) is 0 Å². The van der Waals surface area contributed by atoms with E-state index in [2.05, 4.69) is 12.1 Å². The van der Waals surface area contributed by atoms with Crippen molar-refractivity contribution in [3.63, 3.8) is 0 Å². The number of hydrogen-bond acceptors (Lipinski definition) is 3. The molecule has 180 valence electrons. The lowest BCUT2D eigenvalue weighted by molar-refractivity contribution is -0.143. The molecule has 0 saturated carbocycles. The number of benzene rings is 2. The summed E-state index contributed by atoms with van der Waals surface area (Å²) in [7, 11) is 0. The first-order chi connectivity index (χ1) is 16.5. The van der Waals surface area contributed by atoms with Gasteiger partial charge in [0.15, 0.2) is 0 Å². The maximum Gasteiger partial charge on any atom is 0.253 e. The van der Waals surface area contributed by atoms with Crippen LogP contribution < -0.4 is 0 Å². The quantitative estimate of drug-likeness (QED) is 0.657. The first-order valence-electron chi connectivity index (χ1n) is 12.2. The topological polar surface area (TPSA) is 60.9 Å². The van der Waals surface area contributed by atoms with Crippen molar-refractivity contribution in [2.75, 3.05) is 39.3 Å². The number of likely N-dealkylation sites (tertiary alicyclic amines) is 1. The highest BCUT2D eigenvalue weighted by atomic mass is 19.1. The molecule has 3 amide bonds. The Morgan fingerprint density at radius 2 is 1.38 bits per heavy atom. The van der Waals surface area contributed by atoms with Crippen LogP contribution in [0.3, 0.4) is 0 Å². The summed E-state index contributed by atoms with van der Waals surface area (Å²) in [6, 6.07) is 15.8. The SMILES string of the molecule is O=C(CCCc1ccccc1)N1CCN(C(=O)C2CCN(C(=O)c3ccc(F)cc3)CC2)CC1. The van der Waals surface area contributed by atoms with Gasteiger partial charge in [-0.2, -0.15) is 0 Å². The number of nitrogens with zero attached hydrogens (tertiary/aromatic N) is 3. The minimum absolute atomic E-state index is 0.0922. The highest BCUT2D eigenvalue weighted by Crippen LogP contribution is 2.22. The van der Waals surface area contributed by atoms with Crippen molar-refractivity contribution in [2.24, 2.45) is 5.92 Å². The average molecular weight is 466 g/mol. The van der Waals surface area contributed by atoms with E-state index in [-0.39, 0.29) is 29.5 Å². The molecule has 0 unspecified atom stereocenters. The van der Waals surface area contributed by atoms with Crippen molar-refractivity contribution in [2.45, 2.75) is 32.1 Å². The Balaban J connectivity index is 1.17. The summed E-state index contributed by atoms with van der Waals surface area (Å²) in [5.74, 6) is -0.286. The molecule has 0 N–H and O–H groups in total. The molecule has 2 heterocycles. The molecule has 2 aliphatic rings. The van der Waals surface area contributed by atoms with E-state index in [1.807, 2.05) is 28.0 Å². The first-order valence-corrected chi connectivity index (χ1v) is 12.2. The molecule has 0 aromatic heterocycles. The molecule has 0 bridgehead atoms. The molecular weight excluding hydrogens is 433 g/mol. The van der Waals surface area contributed by atoms with E-state index in [1.54, 1.807) is 4.90 Å². The maximum absolute atomic E-state index is 13.1. The van der Waals surface area contributed by atoms with Crippen LogP contribution in [-0.2, 0) is 16.0 Å². The molecule has 2 aliphatic heterocycles. The van der Waals surface area contributed by atoms with Gasteiger partial charge in [0.05, 0.1) is 0 Å². The summed E-state index contributed by atoms with van der Waals surface area (Å²) in [4.78, 5) is 43.7. The number of halogens is 1. The fourth-order valence-electron chi connectivity index (χ4n) is 4.79. The minimum atomic E-state index is -0.366. The van der Waals surface area contributed by atoms with Crippen LogP contribution in [0.1, 0.15) is 41.6 Å². The van der Waals surface area contributed by atoms with E-state index in [4.69, 9.17) is 0 Å². The second-order valence-corrected chi connectivity index (χ2v) is 9.12. The van der Waals surface area contributed by atoms with Gasteiger partial charge in [0.1, 0.15) is 5.82 Å². The Hall–Kier alpha value is -3.22. The maximum atomic E-state index is 13.1. The Kier molecular flexibility index (Phi) is 7.93. The van der Waals surface area contributed by atoms with Crippen LogP contribution in [0.15, 0.2) is 54.6 Å². The Labute approximate surface area is 200 Å². The molecule has 34 heavy (non-hydrogen) atoms. The van der Waals surface area contributed by atoms with Crippen molar-refractivity contribution in [1.29, 1.82) is 0 Å². The average Bonchev–Trinajstić information content (AvgIpc) is 2.89. The number of piperazine rings is 1. The largest absolute Gasteiger partial charge is 0.339 e. The second kappa shape index (κ2) is 11.3. The van der Waals surface area contributed by atoms with Gasteiger partial charge < -0.3 is 14.7 Å².